The Hall–Kier alpha value is -1.49. The molecule has 0 radical (unpaired) electrons. The fraction of sp³-hybridized carbons (Fsp3) is 0.533. The highest BCUT2D eigenvalue weighted by Gasteiger charge is 2.11. The Morgan fingerprint density at radius 1 is 1.30 bits per heavy atom. The number of hydrogen-bond donors (Lipinski definition) is 2. The summed E-state index contributed by atoms with van der Waals surface area (Å²) in [5, 5.41) is 11.9. The quantitative estimate of drug-likeness (QED) is 0.770. The second-order valence-corrected chi connectivity index (χ2v) is 5.19. The molecule has 3 nitrogen and oxygen atoms in total. The van der Waals surface area contributed by atoms with Crippen LogP contribution < -0.4 is 5.32 Å². The molecule has 0 aromatic heterocycles. The highest BCUT2D eigenvalue weighted by Crippen LogP contribution is 2.12. The molecule has 0 heterocycles. The van der Waals surface area contributed by atoms with Crippen LogP contribution in [0, 0.1) is 17.6 Å². The van der Waals surface area contributed by atoms with E-state index in [9.17, 15) is 13.6 Å². The Balaban J connectivity index is 2.31. The van der Waals surface area contributed by atoms with Crippen LogP contribution in [-0.2, 0) is 11.3 Å². The molecule has 0 saturated heterocycles. The van der Waals surface area contributed by atoms with E-state index >= 15 is 0 Å². The molecule has 0 aliphatic carbocycles. The second-order valence-electron chi connectivity index (χ2n) is 5.19. The summed E-state index contributed by atoms with van der Waals surface area (Å²) >= 11 is 0. The topological polar surface area (TPSA) is 49.3 Å². The molecule has 0 aliphatic rings. The number of aliphatic carboxylic acids is 1. The average Bonchev–Trinajstić information content (AvgIpc) is 2.39. The minimum atomic E-state index is -0.785. The molecule has 2 N–H and O–H groups in total. The van der Waals surface area contributed by atoms with Gasteiger partial charge in [0.15, 0.2) is 0 Å². The van der Waals surface area contributed by atoms with Gasteiger partial charge in [-0.25, -0.2) is 8.78 Å². The third-order valence-corrected chi connectivity index (χ3v) is 3.34. The SMILES string of the molecule is CC(CCCC(C)C(=O)O)NCc1cc(F)ccc1F. The van der Waals surface area contributed by atoms with Crippen LogP contribution in [0.5, 0.6) is 0 Å². The van der Waals surface area contributed by atoms with Crippen molar-refractivity contribution < 1.29 is 18.7 Å². The smallest absolute Gasteiger partial charge is 0.306 e. The lowest BCUT2D eigenvalue weighted by Gasteiger charge is -2.15. The molecule has 112 valence electrons. The summed E-state index contributed by atoms with van der Waals surface area (Å²) in [6, 6.07) is 3.52. The lowest BCUT2D eigenvalue weighted by molar-refractivity contribution is -0.141. The van der Waals surface area contributed by atoms with Gasteiger partial charge in [-0.2, -0.15) is 0 Å². The molecule has 0 saturated carbocycles. The fourth-order valence-electron chi connectivity index (χ4n) is 1.92. The highest BCUT2D eigenvalue weighted by atomic mass is 19.1. The summed E-state index contributed by atoms with van der Waals surface area (Å²) in [4.78, 5) is 10.7. The zero-order valence-corrected chi connectivity index (χ0v) is 11.8. The van der Waals surface area contributed by atoms with Gasteiger partial charge in [-0.3, -0.25) is 4.79 Å². The van der Waals surface area contributed by atoms with E-state index in [2.05, 4.69) is 5.32 Å². The third kappa shape index (κ3) is 5.65. The van der Waals surface area contributed by atoms with Crippen LogP contribution in [0.3, 0.4) is 0 Å². The molecular weight excluding hydrogens is 264 g/mol. The number of rotatable bonds is 8. The first-order valence-corrected chi connectivity index (χ1v) is 6.80. The van der Waals surface area contributed by atoms with E-state index in [4.69, 9.17) is 5.11 Å². The van der Waals surface area contributed by atoms with Gasteiger partial charge in [0, 0.05) is 18.2 Å². The van der Waals surface area contributed by atoms with Gasteiger partial charge in [-0.1, -0.05) is 13.3 Å². The van der Waals surface area contributed by atoms with E-state index in [1.54, 1.807) is 6.92 Å². The summed E-state index contributed by atoms with van der Waals surface area (Å²) in [5.41, 5.74) is 0.302. The van der Waals surface area contributed by atoms with Gasteiger partial charge >= 0.3 is 5.97 Å². The normalized spacial score (nSPS) is 14.0. The van der Waals surface area contributed by atoms with E-state index in [0.717, 1.165) is 25.0 Å². The molecule has 0 bridgehead atoms. The molecular formula is C15H21F2NO2. The number of hydrogen-bond acceptors (Lipinski definition) is 2. The van der Waals surface area contributed by atoms with E-state index in [1.807, 2.05) is 6.92 Å². The first-order chi connectivity index (χ1) is 9.40. The Bertz CT molecular complexity index is 451. The summed E-state index contributed by atoms with van der Waals surface area (Å²) in [7, 11) is 0. The molecule has 0 amide bonds. The van der Waals surface area contributed by atoms with Crippen molar-refractivity contribution in [3.8, 4) is 0 Å². The zero-order chi connectivity index (χ0) is 15.1. The maximum Gasteiger partial charge on any atom is 0.306 e. The highest BCUT2D eigenvalue weighted by molar-refractivity contribution is 5.69. The van der Waals surface area contributed by atoms with Crippen LogP contribution in [0.25, 0.3) is 0 Å². The minimum absolute atomic E-state index is 0.124. The zero-order valence-electron chi connectivity index (χ0n) is 11.8. The molecule has 2 atom stereocenters. The van der Waals surface area contributed by atoms with Crippen molar-refractivity contribution in [2.75, 3.05) is 0 Å². The van der Waals surface area contributed by atoms with Crippen LogP contribution in [0.4, 0.5) is 8.78 Å². The molecule has 0 spiro atoms. The molecule has 0 fully saturated rings. The van der Waals surface area contributed by atoms with Gasteiger partial charge < -0.3 is 10.4 Å². The van der Waals surface area contributed by atoms with E-state index < -0.39 is 17.6 Å². The molecule has 0 aliphatic heterocycles. The first kappa shape index (κ1) is 16.6. The predicted molar refractivity (Wildman–Crippen MR) is 73.3 cm³/mol. The van der Waals surface area contributed by atoms with Gasteiger partial charge in [-0.15, -0.1) is 0 Å². The molecule has 5 heteroatoms. The van der Waals surface area contributed by atoms with Gasteiger partial charge in [0.25, 0.3) is 0 Å². The number of benzene rings is 1. The largest absolute Gasteiger partial charge is 0.481 e. The lowest BCUT2D eigenvalue weighted by atomic mass is 10.0. The van der Waals surface area contributed by atoms with Crippen molar-refractivity contribution in [2.45, 2.75) is 45.7 Å². The Kier molecular flexibility index (Phi) is 6.58. The number of carboxylic acids is 1. The van der Waals surface area contributed by atoms with Crippen LogP contribution >= 0.6 is 0 Å². The first-order valence-electron chi connectivity index (χ1n) is 6.80. The maximum atomic E-state index is 13.4. The standard InChI is InChI=1S/C15H21F2NO2/c1-10(15(19)20)4-3-5-11(2)18-9-12-8-13(16)6-7-14(12)17/h6-8,10-11,18H,3-5,9H2,1-2H3,(H,19,20). The van der Waals surface area contributed by atoms with Crippen LogP contribution in [0.1, 0.15) is 38.7 Å². The molecule has 1 aromatic rings. The monoisotopic (exact) mass is 285 g/mol. The maximum absolute atomic E-state index is 13.4. The number of nitrogens with one attached hydrogen (secondary N) is 1. The van der Waals surface area contributed by atoms with E-state index in [-0.39, 0.29) is 18.5 Å². The Labute approximate surface area is 118 Å². The molecule has 1 aromatic carbocycles. The van der Waals surface area contributed by atoms with Crippen molar-refractivity contribution in [3.63, 3.8) is 0 Å². The fourth-order valence-corrected chi connectivity index (χ4v) is 1.92. The van der Waals surface area contributed by atoms with E-state index in [0.29, 0.717) is 12.0 Å². The molecule has 1 rings (SSSR count). The number of carboxylic acid groups (broad SMARTS) is 1. The summed E-state index contributed by atoms with van der Waals surface area (Å²) in [5.74, 6) is -2.01. The summed E-state index contributed by atoms with van der Waals surface area (Å²) in [6.45, 7) is 3.89. The van der Waals surface area contributed by atoms with Crippen molar-refractivity contribution in [3.05, 3.63) is 35.4 Å². The van der Waals surface area contributed by atoms with Gasteiger partial charge in [-0.05, 0) is 38.0 Å². The average molecular weight is 285 g/mol. The van der Waals surface area contributed by atoms with E-state index in [1.165, 1.54) is 6.07 Å². The Morgan fingerprint density at radius 3 is 2.65 bits per heavy atom. The Morgan fingerprint density at radius 2 is 2.00 bits per heavy atom. The van der Waals surface area contributed by atoms with Crippen LogP contribution in [-0.4, -0.2) is 17.1 Å². The third-order valence-electron chi connectivity index (χ3n) is 3.34. The van der Waals surface area contributed by atoms with Crippen molar-refractivity contribution in [2.24, 2.45) is 5.92 Å². The molecule has 20 heavy (non-hydrogen) atoms. The number of carbonyl (C=O) groups is 1. The minimum Gasteiger partial charge on any atom is -0.481 e. The summed E-state index contributed by atoms with van der Waals surface area (Å²) < 4.78 is 26.4. The second kappa shape index (κ2) is 7.94. The number of halogens is 2. The van der Waals surface area contributed by atoms with Crippen molar-refractivity contribution in [1.82, 2.24) is 5.32 Å². The van der Waals surface area contributed by atoms with Gasteiger partial charge in [0.2, 0.25) is 0 Å². The van der Waals surface area contributed by atoms with Crippen LogP contribution in [0.2, 0.25) is 0 Å². The predicted octanol–water partition coefficient (Wildman–Crippen LogP) is 3.33. The summed E-state index contributed by atoms with van der Waals surface area (Å²) in [6.07, 6.45) is 2.21. The molecule has 2 unspecified atom stereocenters. The van der Waals surface area contributed by atoms with Gasteiger partial charge in [0.1, 0.15) is 11.6 Å². The van der Waals surface area contributed by atoms with Crippen LogP contribution in [0.15, 0.2) is 18.2 Å². The van der Waals surface area contributed by atoms with Crippen molar-refractivity contribution in [1.29, 1.82) is 0 Å². The lowest BCUT2D eigenvalue weighted by Crippen LogP contribution is -2.26. The van der Waals surface area contributed by atoms with Crippen molar-refractivity contribution >= 4 is 5.97 Å². The van der Waals surface area contributed by atoms with Gasteiger partial charge in [0.05, 0.1) is 5.92 Å².